The van der Waals surface area contributed by atoms with Crippen molar-refractivity contribution in [1.82, 2.24) is 4.98 Å². The lowest BCUT2D eigenvalue weighted by Gasteiger charge is -2.09. The van der Waals surface area contributed by atoms with E-state index in [0.717, 1.165) is 22.6 Å². The third-order valence-corrected chi connectivity index (χ3v) is 4.86. The minimum absolute atomic E-state index is 0.146. The van der Waals surface area contributed by atoms with Crippen LogP contribution in [0, 0.1) is 0 Å². The molecule has 0 radical (unpaired) electrons. The van der Waals surface area contributed by atoms with E-state index in [4.69, 9.17) is 4.74 Å². The molecule has 0 bridgehead atoms. The van der Waals surface area contributed by atoms with Gasteiger partial charge in [-0.2, -0.15) is 0 Å². The number of carbonyl (C=O) groups excluding carboxylic acids is 1. The third-order valence-electron chi connectivity index (χ3n) is 3.94. The van der Waals surface area contributed by atoms with Crippen molar-refractivity contribution in [2.45, 2.75) is 18.9 Å². The number of thiazole rings is 1. The van der Waals surface area contributed by atoms with E-state index >= 15 is 0 Å². The van der Waals surface area contributed by atoms with E-state index in [2.05, 4.69) is 22.4 Å². The van der Waals surface area contributed by atoms with E-state index in [9.17, 15) is 4.79 Å². The van der Waals surface area contributed by atoms with Crippen molar-refractivity contribution < 1.29 is 9.53 Å². The number of nitrogens with one attached hydrogen (secondary N) is 1. The van der Waals surface area contributed by atoms with Crippen LogP contribution in [0.4, 0.5) is 5.13 Å². The molecule has 1 amide bonds. The van der Waals surface area contributed by atoms with Crippen molar-refractivity contribution in [3.8, 4) is 5.75 Å². The number of para-hydroxylation sites is 1. The summed E-state index contributed by atoms with van der Waals surface area (Å²) in [6, 6.07) is 18.0. The molecule has 0 fully saturated rings. The molecular formula is C19H16N2O2S. The topological polar surface area (TPSA) is 51.2 Å². The molecule has 120 valence electrons. The minimum atomic E-state index is -0.483. The molecule has 1 aliphatic rings. The SMILES string of the molecule is O=C(Nc1ncc(Cc2ccccc2)s1)[C@@H]1Cc2ccccc2O1. The van der Waals surface area contributed by atoms with Gasteiger partial charge in [-0.15, -0.1) is 11.3 Å². The van der Waals surface area contributed by atoms with E-state index in [1.54, 1.807) is 0 Å². The van der Waals surface area contributed by atoms with Crippen molar-refractivity contribution in [3.05, 3.63) is 76.8 Å². The summed E-state index contributed by atoms with van der Waals surface area (Å²) in [6.45, 7) is 0. The number of hydrogen-bond donors (Lipinski definition) is 1. The summed E-state index contributed by atoms with van der Waals surface area (Å²) in [5, 5.41) is 3.48. The molecule has 4 rings (SSSR count). The first-order valence-corrected chi connectivity index (χ1v) is 8.63. The number of fused-ring (bicyclic) bond motifs is 1. The first-order valence-electron chi connectivity index (χ1n) is 7.82. The maximum absolute atomic E-state index is 12.4. The summed E-state index contributed by atoms with van der Waals surface area (Å²) in [5.41, 5.74) is 2.30. The second-order valence-corrected chi connectivity index (χ2v) is 6.82. The van der Waals surface area contributed by atoms with Crippen LogP contribution in [0.2, 0.25) is 0 Å². The lowest BCUT2D eigenvalue weighted by molar-refractivity contribution is -0.122. The Bertz CT molecular complexity index is 836. The second kappa shape index (κ2) is 6.45. The van der Waals surface area contributed by atoms with Gasteiger partial charge in [-0.1, -0.05) is 48.5 Å². The highest BCUT2D eigenvalue weighted by Gasteiger charge is 2.29. The van der Waals surface area contributed by atoms with Gasteiger partial charge in [0.2, 0.25) is 0 Å². The first kappa shape index (κ1) is 14.9. The summed E-state index contributed by atoms with van der Waals surface area (Å²) in [6.07, 6.45) is 2.76. The summed E-state index contributed by atoms with van der Waals surface area (Å²) >= 11 is 1.50. The molecule has 3 aromatic rings. The zero-order valence-electron chi connectivity index (χ0n) is 12.9. The Morgan fingerprint density at radius 2 is 1.96 bits per heavy atom. The molecule has 2 heterocycles. The molecule has 2 aromatic carbocycles. The fourth-order valence-electron chi connectivity index (χ4n) is 2.76. The lowest BCUT2D eigenvalue weighted by Crippen LogP contribution is -2.31. The van der Waals surface area contributed by atoms with Crippen molar-refractivity contribution in [2.75, 3.05) is 5.32 Å². The summed E-state index contributed by atoms with van der Waals surface area (Å²) < 4.78 is 5.71. The van der Waals surface area contributed by atoms with E-state index in [-0.39, 0.29) is 5.91 Å². The van der Waals surface area contributed by atoms with Gasteiger partial charge in [0.05, 0.1) is 0 Å². The molecule has 0 unspecified atom stereocenters. The lowest BCUT2D eigenvalue weighted by atomic mass is 10.1. The molecule has 1 atom stereocenters. The van der Waals surface area contributed by atoms with Gasteiger partial charge in [0.1, 0.15) is 5.75 Å². The fraction of sp³-hybridized carbons (Fsp3) is 0.158. The minimum Gasteiger partial charge on any atom is -0.480 e. The van der Waals surface area contributed by atoms with E-state index in [1.165, 1.54) is 16.9 Å². The zero-order valence-corrected chi connectivity index (χ0v) is 13.8. The molecule has 1 aliphatic heterocycles. The number of nitrogens with zero attached hydrogens (tertiary/aromatic N) is 1. The predicted octanol–water partition coefficient (Wildman–Crippen LogP) is 3.68. The molecule has 0 saturated heterocycles. The number of benzene rings is 2. The third kappa shape index (κ3) is 3.16. The Morgan fingerprint density at radius 3 is 2.79 bits per heavy atom. The Hall–Kier alpha value is -2.66. The van der Waals surface area contributed by atoms with Crippen LogP contribution >= 0.6 is 11.3 Å². The number of anilines is 1. The van der Waals surface area contributed by atoms with Crippen LogP contribution in [-0.4, -0.2) is 17.0 Å². The van der Waals surface area contributed by atoms with E-state index in [0.29, 0.717) is 11.6 Å². The van der Waals surface area contributed by atoms with Crippen LogP contribution in [0.1, 0.15) is 16.0 Å². The normalized spacial score (nSPS) is 15.6. The number of carbonyl (C=O) groups is 1. The largest absolute Gasteiger partial charge is 0.480 e. The van der Waals surface area contributed by atoms with E-state index in [1.807, 2.05) is 48.7 Å². The average Bonchev–Trinajstić information content (AvgIpc) is 3.22. The Labute approximate surface area is 144 Å². The monoisotopic (exact) mass is 336 g/mol. The van der Waals surface area contributed by atoms with Gasteiger partial charge in [0, 0.05) is 23.9 Å². The standard InChI is InChI=1S/C19H16N2O2S/c22-18(17-11-14-8-4-5-9-16(14)23-17)21-19-20-12-15(24-19)10-13-6-2-1-3-7-13/h1-9,12,17H,10-11H2,(H,20,21,22)/t17-/m0/s1. The summed E-state index contributed by atoms with van der Waals surface area (Å²) in [5.74, 6) is 0.647. The first-order chi connectivity index (χ1) is 11.8. The van der Waals surface area contributed by atoms with Crippen molar-refractivity contribution in [1.29, 1.82) is 0 Å². The van der Waals surface area contributed by atoms with Gasteiger partial charge in [-0.25, -0.2) is 4.98 Å². The molecule has 24 heavy (non-hydrogen) atoms. The van der Waals surface area contributed by atoms with Crippen LogP contribution in [0.3, 0.4) is 0 Å². The molecule has 1 N–H and O–H groups in total. The van der Waals surface area contributed by atoms with Gasteiger partial charge >= 0.3 is 0 Å². The quantitative estimate of drug-likeness (QED) is 0.791. The van der Waals surface area contributed by atoms with Crippen LogP contribution in [0.25, 0.3) is 0 Å². The van der Waals surface area contributed by atoms with Gasteiger partial charge in [0.25, 0.3) is 5.91 Å². The summed E-state index contributed by atoms with van der Waals surface area (Å²) in [4.78, 5) is 17.8. The Balaban J connectivity index is 1.39. The predicted molar refractivity (Wildman–Crippen MR) is 94.6 cm³/mol. The van der Waals surface area contributed by atoms with Crippen molar-refractivity contribution in [3.63, 3.8) is 0 Å². The molecule has 0 saturated carbocycles. The second-order valence-electron chi connectivity index (χ2n) is 5.70. The van der Waals surface area contributed by atoms with Gasteiger partial charge < -0.3 is 4.74 Å². The number of amides is 1. The van der Waals surface area contributed by atoms with Crippen LogP contribution in [-0.2, 0) is 17.6 Å². The number of ether oxygens (including phenoxy) is 1. The van der Waals surface area contributed by atoms with Crippen LogP contribution < -0.4 is 10.1 Å². The van der Waals surface area contributed by atoms with Crippen molar-refractivity contribution >= 4 is 22.4 Å². The van der Waals surface area contributed by atoms with Gasteiger partial charge in [-0.05, 0) is 17.2 Å². The molecule has 0 spiro atoms. The highest BCUT2D eigenvalue weighted by Crippen LogP contribution is 2.29. The molecule has 4 nitrogen and oxygen atoms in total. The highest BCUT2D eigenvalue weighted by atomic mass is 32.1. The Kier molecular flexibility index (Phi) is 4.01. The molecule has 5 heteroatoms. The average molecular weight is 336 g/mol. The van der Waals surface area contributed by atoms with E-state index < -0.39 is 6.10 Å². The zero-order chi connectivity index (χ0) is 16.4. The Morgan fingerprint density at radius 1 is 1.17 bits per heavy atom. The fourth-order valence-corrected chi connectivity index (χ4v) is 3.61. The van der Waals surface area contributed by atoms with Crippen molar-refractivity contribution in [2.24, 2.45) is 0 Å². The smallest absolute Gasteiger partial charge is 0.267 e. The van der Waals surface area contributed by atoms with Crippen LogP contribution in [0.5, 0.6) is 5.75 Å². The van der Waals surface area contributed by atoms with Gasteiger partial charge in [0.15, 0.2) is 11.2 Å². The molecule has 1 aromatic heterocycles. The molecular weight excluding hydrogens is 320 g/mol. The number of hydrogen-bond acceptors (Lipinski definition) is 4. The summed E-state index contributed by atoms with van der Waals surface area (Å²) in [7, 11) is 0. The maximum atomic E-state index is 12.4. The van der Waals surface area contributed by atoms with Crippen LogP contribution in [0.15, 0.2) is 60.8 Å². The van der Waals surface area contributed by atoms with Gasteiger partial charge in [-0.3, -0.25) is 10.1 Å². The highest BCUT2D eigenvalue weighted by molar-refractivity contribution is 7.15. The number of aromatic nitrogens is 1. The maximum Gasteiger partial charge on any atom is 0.267 e. The molecule has 0 aliphatic carbocycles. The number of rotatable bonds is 4.